The van der Waals surface area contributed by atoms with Crippen LogP contribution < -0.4 is 0 Å². The zero-order valence-corrected chi connectivity index (χ0v) is 24.8. The largest absolute Gasteiger partial charge is 0.256 e. The Hall–Kier alpha value is -6.19. The van der Waals surface area contributed by atoms with Crippen molar-refractivity contribution in [1.82, 2.24) is 15.0 Å². The lowest BCUT2D eigenvalue weighted by atomic mass is 9.96. The molecule has 0 atom stereocenters. The summed E-state index contributed by atoms with van der Waals surface area (Å²) in [6, 6.07) is 51.7. The third-order valence-corrected chi connectivity index (χ3v) is 9.45. The normalized spacial score (nSPS) is 11.9. The van der Waals surface area contributed by atoms with Gasteiger partial charge >= 0.3 is 0 Å². The van der Waals surface area contributed by atoms with Crippen molar-refractivity contribution in [1.29, 1.82) is 0 Å². The number of hydrogen-bond acceptors (Lipinski definition) is 3. The molecule has 0 saturated carbocycles. The Morgan fingerprint density at radius 1 is 0.370 bits per heavy atom. The van der Waals surface area contributed by atoms with Gasteiger partial charge in [-0.1, -0.05) is 121 Å². The van der Waals surface area contributed by atoms with Crippen LogP contribution in [0.3, 0.4) is 0 Å². The van der Waals surface area contributed by atoms with Crippen molar-refractivity contribution in [3.8, 4) is 55.9 Å². The molecule has 3 heterocycles. The summed E-state index contributed by atoms with van der Waals surface area (Å²) >= 11 is 0. The van der Waals surface area contributed by atoms with Gasteiger partial charge in [0, 0.05) is 39.0 Å². The lowest BCUT2D eigenvalue weighted by Gasteiger charge is -2.11. The number of benzene rings is 6. The molecule has 1 aliphatic rings. The van der Waals surface area contributed by atoms with Crippen LogP contribution in [-0.2, 0) is 0 Å². The molecule has 10 rings (SSSR count). The van der Waals surface area contributed by atoms with E-state index >= 15 is 0 Å². The molecule has 0 N–H and O–H groups in total. The topological polar surface area (TPSA) is 38.7 Å². The highest BCUT2D eigenvalue weighted by atomic mass is 14.8. The van der Waals surface area contributed by atoms with Crippen molar-refractivity contribution in [2.45, 2.75) is 0 Å². The summed E-state index contributed by atoms with van der Waals surface area (Å²) in [7, 11) is 0. The lowest BCUT2D eigenvalue weighted by molar-refractivity contribution is 1.37. The first kappa shape index (κ1) is 25.2. The van der Waals surface area contributed by atoms with Crippen LogP contribution in [0.1, 0.15) is 0 Å². The second-order valence-corrected chi connectivity index (χ2v) is 12.0. The first-order valence-corrected chi connectivity index (χ1v) is 15.6. The number of fused-ring (bicyclic) bond motifs is 7. The second kappa shape index (κ2) is 9.65. The fourth-order valence-electron chi connectivity index (χ4n) is 7.17. The van der Waals surface area contributed by atoms with Crippen LogP contribution in [-0.4, -0.2) is 15.0 Å². The summed E-state index contributed by atoms with van der Waals surface area (Å²) in [5.74, 6) is 0. The third-order valence-electron chi connectivity index (χ3n) is 9.45. The average molecular weight is 584 g/mol. The van der Waals surface area contributed by atoms with Gasteiger partial charge < -0.3 is 0 Å². The average Bonchev–Trinajstić information content (AvgIpc) is 3.46. The van der Waals surface area contributed by atoms with Gasteiger partial charge in [0.25, 0.3) is 0 Å². The maximum atomic E-state index is 5.30. The molecule has 0 fully saturated rings. The molecule has 212 valence electrons. The van der Waals surface area contributed by atoms with Crippen molar-refractivity contribution >= 4 is 43.5 Å². The Morgan fingerprint density at radius 2 is 0.978 bits per heavy atom. The first-order valence-electron chi connectivity index (χ1n) is 15.6. The maximum Gasteiger partial charge on any atom is 0.0972 e. The molecular formula is C43H25N3. The smallest absolute Gasteiger partial charge is 0.0972 e. The molecule has 0 spiro atoms. The lowest BCUT2D eigenvalue weighted by Crippen LogP contribution is -1.92. The number of nitrogens with zero attached hydrogens (tertiary/aromatic N) is 3. The van der Waals surface area contributed by atoms with Crippen LogP contribution in [0.25, 0.3) is 99.4 Å². The predicted octanol–water partition coefficient (Wildman–Crippen LogP) is 11.1. The van der Waals surface area contributed by atoms with E-state index in [1.54, 1.807) is 0 Å². The Labute approximate surface area is 265 Å². The fourth-order valence-corrected chi connectivity index (χ4v) is 7.17. The van der Waals surface area contributed by atoms with E-state index in [0.717, 1.165) is 66.4 Å². The highest BCUT2D eigenvalue weighted by Gasteiger charge is 2.22. The van der Waals surface area contributed by atoms with Crippen molar-refractivity contribution < 1.29 is 0 Å². The van der Waals surface area contributed by atoms with Crippen molar-refractivity contribution in [2.75, 3.05) is 0 Å². The zero-order chi connectivity index (χ0) is 30.2. The minimum atomic E-state index is 0.915. The molecular weight excluding hydrogens is 558 g/mol. The van der Waals surface area contributed by atoms with Crippen molar-refractivity contribution in [3.63, 3.8) is 0 Å². The molecule has 3 heteroatoms. The zero-order valence-electron chi connectivity index (χ0n) is 24.8. The van der Waals surface area contributed by atoms with E-state index in [1.165, 1.54) is 33.0 Å². The summed E-state index contributed by atoms with van der Waals surface area (Å²) < 4.78 is 0. The van der Waals surface area contributed by atoms with E-state index < -0.39 is 0 Å². The van der Waals surface area contributed by atoms with Crippen LogP contribution >= 0.6 is 0 Å². The highest BCUT2D eigenvalue weighted by Crippen LogP contribution is 2.49. The molecule has 3 aromatic heterocycles. The van der Waals surface area contributed by atoms with Gasteiger partial charge in [-0.3, -0.25) is 4.98 Å². The summed E-state index contributed by atoms with van der Waals surface area (Å²) in [4.78, 5) is 15.1. The highest BCUT2D eigenvalue weighted by molar-refractivity contribution is 6.18. The Bertz CT molecular complexity index is 2660. The number of para-hydroxylation sites is 1. The van der Waals surface area contributed by atoms with E-state index in [0.29, 0.717) is 0 Å². The molecule has 6 aromatic carbocycles. The van der Waals surface area contributed by atoms with Gasteiger partial charge in [0.05, 0.1) is 27.9 Å². The van der Waals surface area contributed by atoms with E-state index in [2.05, 4.69) is 138 Å². The molecule has 0 bridgehead atoms. The van der Waals surface area contributed by atoms with Gasteiger partial charge in [0.2, 0.25) is 0 Å². The molecule has 3 nitrogen and oxygen atoms in total. The van der Waals surface area contributed by atoms with Crippen molar-refractivity contribution in [3.05, 3.63) is 152 Å². The Kier molecular flexibility index (Phi) is 5.28. The molecule has 1 aliphatic carbocycles. The van der Waals surface area contributed by atoms with Crippen LogP contribution in [0, 0.1) is 0 Å². The monoisotopic (exact) mass is 583 g/mol. The van der Waals surface area contributed by atoms with Gasteiger partial charge in [0.1, 0.15) is 0 Å². The molecule has 46 heavy (non-hydrogen) atoms. The maximum absolute atomic E-state index is 5.30. The first-order chi connectivity index (χ1) is 22.8. The van der Waals surface area contributed by atoms with Crippen LogP contribution in [0.2, 0.25) is 0 Å². The van der Waals surface area contributed by atoms with Gasteiger partial charge in [0.15, 0.2) is 0 Å². The van der Waals surface area contributed by atoms with Crippen molar-refractivity contribution in [2.24, 2.45) is 0 Å². The third kappa shape index (κ3) is 3.75. The molecule has 0 unspecified atom stereocenters. The number of hydrogen-bond donors (Lipinski definition) is 0. The SMILES string of the molecule is c1ccc2c(c1)-c1cccc3c(-c4ccc5ccc6ccc(-c7ccc(-c8cnc9ccccc9c8)cc7)nc6c5n4)ccc-2c13. The molecule has 9 aromatic rings. The molecule has 0 amide bonds. The van der Waals surface area contributed by atoms with Gasteiger partial charge in [-0.2, -0.15) is 0 Å². The van der Waals surface area contributed by atoms with E-state index in [9.17, 15) is 0 Å². The van der Waals surface area contributed by atoms with Gasteiger partial charge in [-0.15, -0.1) is 0 Å². The molecule has 0 aliphatic heterocycles. The number of pyridine rings is 3. The van der Waals surface area contributed by atoms with Crippen LogP contribution in [0.15, 0.2) is 152 Å². The summed E-state index contributed by atoms with van der Waals surface area (Å²) in [5, 5.41) is 5.84. The predicted molar refractivity (Wildman–Crippen MR) is 191 cm³/mol. The van der Waals surface area contributed by atoms with Gasteiger partial charge in [-0.05, 0) is 62.9 Å². The summed E-state index contributed by atoms with van der Waals surface area (Å²) in [5.41, 5.74) is 14.4. The molecule has 0 saturated heterocycles. The number of aromatic nitrogens is 3. The Balaban J connectivity index is 1.08. The summed E-state index contributed by atoms with van der Waals surface area (Å²) in [6.45, 7) is 0. The Morgan fingerprint density at radius 3 is 1.78 bits per heavy atom. The fraction of sp³-hybridized carbons (Fsp3) is 0. The summed E-state index contributed by atoms with van der Waals surface area (Å²) in [6.07, 6.45) is 1.95. The van der Waals surface area contributed by atoms with Crippen LogP contribution in [0.4, 0.5) is 0 Å². The number of rotatable bonds is 3. The minimum absolute atomic E-state index is 0.915. The quantitative estimate of drug-likeness (QED) is 0.194. The van der Waals surface area contributed by atoms with Crippen LogP contribution in [0.5, 0.6) is 0 Å². The van der Waals surface area contributed by atoms with E-state index in [1.807, 2.05) is 18.3 Å². The van der Waals surface area contributed by atoms with E-state index in [4.69, 9.17) is 9.97 Å². The second-order valence-electron chi connectivity index (χ2n) is 12.0. The minimum Gasteiger partial charge on any atom is -0.256 e. The standard InChI is InChI=1S/C43H25N3/c1-4-11-38-30(6-1)24-31(25-44-38)26-12-14-27(15-13-26)39-22-18-28-16-17-29-19-23-40(46-43(29)42(28)45-39)34-20-21-37-33-8-3-2-7-32(33)35-9-5-10-36(34)41(35)37/h1-25H. The van der Waals surface area contributed by atoms with E-state index in [-0.39, 0.29) is 0 Å². The van der Waals surface area contributed by atoms with Gasteiger partial charge in [-0.25, -0.2) is 9.97 Å². The molecule has 0 radical (unpaired) electrons.